The highest BCUT2D eigenvalue weighted by Crippen LogP contribution is 2.22. The number of carbonyl (C=O) groups is 2. The molecule has 0 atom stereocenters. The van der Waals surface area contributed by atoms with E-state index in [-0.39, 0.29) is 12.2 Å². The first-order chi connectivity index (χ1) is 9.02. The third-order valence-electron chi connectivity index (χ3n) is 2.28. The van der Waals surface area contributed by atoms with Gasteiger partial charge in [0.2, 0.25) is 0 Å². The number of carboxylic acid groups (broad SMARTS) is 1. The molecule has 4 nitrogen and oxygen atoms in total. The molecule has 0 aliphatic heterocycles. The van der Waals surface area contributed by atoms with Crippen molar-refractivity contribution >= 4 is 18.3 Å². The lowest BCUT2D eigenvalue weighted by molar-refractivity contribution is -0.131. The molecule has 0 fully saturated rings. The summed E-state index contributed by atoms with van der Waals surface area (Å²) >= 11 is 0. The highest BCUT2D eigenvalue weighted by molar-refractivity contribution is 5.85. The van der Waals surface area contributed by atoms with Crippen LogP contribution in [0.1, 0.15) is 17.5 Å². The maximum absolute atomic E-state index is 12.1. The number of ether oxygens (including phenoxy) is 1. The van der Waals surface area contributed by atoms with Crippen LogP contribution in [0.25, 0.3) is 6.08 Å². The molecule has 0 heterocycles. The van der Waals surface area contributed by atoms with Gasteiger partial charge in [-0.2, -0.15) is 8.78 Å². The molecule has 0 saturated heterocycles. The fourth-order valence-electron chi connectivity index (χ4n) is 1.51. The molecular weight excluding hydrogens is 258 g/mol. The highest BCUT2D eigenvalue weighted by Gasteiger charge is 2.07. The first-order valence-corrected chi connectivity index (χ1v) is 5.45. The van der Waals surface area contributed by atoms with Crippen LogP contribution >= 0.6 is 0 Å². The first kappa shape index (κ1) is 14.8. The van der Waals surface area contributed by atoms with E-state index in [1.165, 1.54) is 24.3 Å². The van der Waals surface area contributed by atoms with Gasteiger partial charge >= 0.3 is 12.6 Å². The zero-order valence-electron chi connectivity index (χ0n) is 9.88. The van der Waals surface area contributed by atoms with Crippen molar-refractivity contribution in [3.63, 3.8) is 0 Å². The number of aliphatic carboxylic acids is 1. The number of halogens is 2. The quantitative estimate of drug-likeness (QED) is 0.610. The van der Waals surface area contributed by atoms with Gasteiger partial charge in [0.15, 0.2) is 0 Å². The molecule has 0 spiro atoms. The van der Waals surface area contributed by atoms with Crippen molar-refractivity contribution in [3.8, 4) is 5.75 Å². The van der Waals surface area contributed by atoms with E-state index >= 15 is 0 Å². The molecule has 1 N–H and O–H groups in total. The molecule has 0 aliphatic rings. The summed E-state index contributed by atoms with van der Waals surface area (Å²) in [6, 6.07) is 4.16. The van der Waals surface area contributed by atoms with Gasteiger partial charge in [-0.05, 0) is 35.8 Å². The number of carboxylic acids is 1. The SMILES string of the molecule is O=CCCc1cc(OC(F)F)ccc1/C=C/C(=O)O. The third-order valence-corrected chi connectivity index (χ3v) is 2.28. The van der Waals surface area contributed by atoms with Crippen LogP contribution in [0.2, 0.25) is 0 Å². The molecule has 19 heavy (non-hydrogen) atoms. The van der Waals surface area contributed by atoms with Crippen LogP contribution in [0, 0.1) is 0 Å². The topological polar surface area (TPSA) is 63.6 Å². The lowest BCUT2D eigenvalue weighted by atomic mass is 10.0. The summed E-state index contributed by atoms with van der Waals surface area (Å²) in [4.78, 5) is 20.8. The van der Waals surface area contributed by atoms with E-state index in [2.05, 4.69) is 4.74 Å². The van der Waals surface area contributed by atoms with E-state index in [1.54, 1.807) is 0 Å². The van der Waals surface area contributed by atoms with Crippen molar-refractivity contribution in [2.45, 2.75) is 19.5 Å². The maximum atomic E-state index is 12.1. The van der Waals surface area contributed by atoms with Crippen LogP contribution in [-0.4, -0.2) is 24.0 Å². The second-order valence-corrected chi connectivity index (χ2v) is 3.62. The minimum atomic E-state index is -2.93. The summed E-state index contributed by atoms with van der Waals surface area (Å²) in [7, 11) is 0. The predicted molar refractivity (Wildman–Crippen MR) is 64.1 cm³/mol. The van der Waals surface area contributed by atoms with E-state index in [0.717, 1.165) is 6.08 Å². The molecule has 0 unspecified atom stereocenters. The highest BCUT2D eigenvalue weighted by atomic mass is 19.3. The van der Waals surface area contributed by atoms with Crippen LogP contribution in [-0.2, 0) is 16.0 Å². The summed E-state index contributed by atoms with van der Waals surface area (Å²) in [5, 5.41) is 8.55. The molecule has 0 aromatic heterocycles. The van der Waals surface area contributed by atoms with E-state index in [4.69, 9.17) is 5.11 Å². The Hall–Kier alpha value is -2.24. The summed E-state index contributed by atoms with van der Waals surface area (Å²) in [6.07, 6.45) is 3.52. The fourth-order valence-corrected chi connectivity index (χ4v) is 1.51. The molecule has 6 heteroatoms. The van der Waals surface area contributed by atoms with Crippen LogP contribution < -0.4 is 4.74 Å². The molecule has 1 aromatic carbocycles. The number of hydrogen-bond donors (Lipinski definition) is 1. The summed E-state index contributed by atoms with van der Waals surface area (Å²) < 4.78 is 28.4. The molecule has 0 bridgehead atoms. The van der Waals surface area contributed by atoms with Crippen molar-refractivity contribution in [2.24, 2.45) is 0 Å². The molecule has 1 rings (SSSR count). The normalized spacial score (nSPS) is 10.9. The van der Waals surface area contributed by atoms with Gasteiger partial charge in [0.1, 0.15) is 12.0 Å². The zero-order chi connectivity index (χ0) is 14.3. The predicted octanol–water partition coefficient (Wildman–Crippen LogP) is 2.52. The van der Waals surface area contributed by atoms with Crippen molar-refractivity contribution in [1.29, 1.82) is 0 Å². The summed E-state index contributed by atoms with van der Waals surface area (Å²) in [6.45, 7) is -2.93. The number of benzene rings is 1. The third kappa shape index (κ3) is 5.29. The van der Waals surface area contributed by atoms with E-state index in [9.17, 15) is 18.4 Å². The first-order valence-electron chi connectivity index (χ1n) is 5.45. The monoisotopic (exact) mass is 270 g/mol. The van der Waals surface area contributed by atoms with Gasteiger partial charge in [0, 0.05) is 12.5 Å². The Bertz CT molecular complexity index is 484. The minimum Gasteiger partial charge on any atom is -0.478 e. The van der Waals surface area contributed by atoms with Gasteiger partial charge in [0.05, 0.1) is 0 Å². The Morgan fingerprint density at radius 2 is 2.16 bits per heavy atom. The van der Waals surface area contributed by atoms with Crippen molar-refractivity contribution in [1.82, 2.24) is 0 Å². The molecular formula is C13H12F2O4. The lowest BCUT2D eigenvalue weighted by Gasteiger charge is -2.09. The minimum absolute atomic E-state index is 0.0247. The van der Waals surface area contributed by atoms with E-state index in [0.29, 0.717) is 23.8 Å². The molecule has 0 saturated carbocycles. The zero-order valence-corrected chi connectivity index (χ0v) is 9.88. The fraction of sp³-hybridized carbons (Fsp3) is 0.231. The van der Waals surface area contributed by atoms with Gasteiger partial charge in [0.25, 0.3) is 0 Å². The van der Waals surface area contributed by atoms with E-state index in [1.807, 2.05) is 0 Å². The van der Waals surface area contributed by atoms with Crippen LogP contribution in [0.4, 0.5) is 8.78 Å². The number of aryl methyl sites for hydroxylation is 1. The molecule has 0 radical (unpaired) electrons. The largest absolute Gasteiger partial charge is 0.478 e. The Balaban J connectivity index is 3.01. The van der Waals surface area contributed by atoms with Gasteiger partial charge < -0.3 is 14.6 Å². The van der Waals surface area contributed by atoms with Crippen molar-refractivity contribution < 1.29 is 28.2 Å². The van der Waals surface area contributed by atoms with Crippen molar-refractivity contribution in [3.05, 3.63) is 35.4 Å². The molecule has 0 amide bonds. The van der Waals surface area contributed by atoms with Gasteiger partial charge in [-0.15, -0.1) is 0 Å². The average molecular weight is 270 g/mol. The Labute approximate surface area is 108 Å². The number of rotatable bonds is 7. The van der Waals surface area contributed by atoms with Gasteiger partial charge in [-0.1, -0.05) is 6.07 Å². The lowest BCUT2D eigenvalue weighted by Crippen LogP contribution is -2.03. The molecule has 0 aliphatic carbocycles. The second kappa shape index (κ2) is 7.25. The second-order valence-electron chi connectivity index (χ2n) is 3.62. The summed E-state index contributed by atoms with van der Waals surface area (Å²) in [5.74, 6) is -1.14. The van der Waals surface area contributed by atoms with Gasteiger partial charge in [-0.3, -0.25) is 0 Å². The van der Waals surface area contributed by atoms with Crippen LogP contribution in [0.3, 0.4) is 0 Å². The standard InChI is InChI=1S/C13H12F2O4/c14-13(15)19-11-5-3-9(4-6-12(17)18)10(8-11)2-1-7-16/h3-8,13H,1-2H2,(H,17,18)/b6-4+. The Morgan fingerprint density at radius 1 is 1.42 bits per heavy atom. The molecule has 1 aromatic rings. The number of hydrogen-bond acceptors (Lipinski definition) is 3. The van der Waals surface area contributed by atoms with Crippen LogP contribution in [0.15, 0.2) is 24.3 Å². The maximum Gasteiger partial charge on any atom is 0.387 e. The number of aldehydes is 1. The van der Waals surface area contributed by atoms with Crippen molar-refractivity contribution in [2.75, 3.05) is 0 Å². The number of alkyl halides is 2. The smallest absolute Gasteiger partial charge is 0.387 e. The molecule has 102 valence electrons. The van der Waals surface area contributed by atoms with E-state index < -0.39 is 12.6 Å². The Morgan fingerprint density at radius 3 is 2.74 bits per heavy atom. The van der Waals surface area contributed by atoms with Gasteiger partial charge in [-0.25, -0.2) is 4.79 Å². The Kier molecular flexibility index (Phi) is 5.66. The van der Waals surface area contributed by atoms with Crippen LogP contribution in [0.5, 0.6) is 5.75 Å². The average Bonchev–Trinajstić information content (AvgIpc) is 2.34. The number of carbonyl (C=O) groups excluding carboxylic acids is 1. The summed E-state index contributed by atoms with van der Waals surface area (Å²) in [5.41, 5.74) is 1.12.